The van der Waals surface area contributed by atoms with E-state index in [0.29, 0.717) is 54.3 Å². The predicted molar refractivity (Wildman–Crippen MR) is 140 cm³/mol. The van der Waals surface area contributed by atoms with Gasteiger partial charge in [-0.05, 0) is 24.3 Å². The van der Waals surface area contributed by atoms with Crippen molar-refractivity contribution in [1.29, 1.82) is 0 Å². The van der Waals surface area contributed by atoms with Crippen LogP contribution in [0, 0.1) is 0 Å². The maximum absolute atomic E-state index is 13.3. The van der Waals surface area contributed by atoms with Crippen LogP contribution in [0.1, 0.15) is 37.6 Å². The minimum absolute atomic E-state index is 0.187. The van der Waals surface area contributed by atoms with Gasteiger partial charge >= 0.3 is 0 Å². The van der Waals surface area contributed by atoms with Gasteiger partial charge in [-0.3, -0.25) is 19.3 Å². The van der Waals surface area contributed by atoms with Gasteiger partial charge in [-0.2, -0.15) is 0 Å². The number of furan rings is 1. The predicted octanol–water partition coefficient (Wildman–Crippen LogP) is 6.13. The molecule has 2 heterocycles. The molecule has 0 unspecified atom stereocenters. The van der Waals surface area contributed by atoms with Crippen LogP contribution in [0.5, 0.6) is 0 Å². The van der Waals surface area contributed by atoms with Crippen LogP contribution >= 0.6 is 24.0 Å². The number of thioether (sulfide) groups is 1. The van der Waals surface area contributed by atoms with Crippen molar-refractivity contribution >= 4 is 57.5 Å². The summed E-state index contributed by atoms with van der Waals surface area (Å²) in [5.74, 6) is 0.257. The highest BCUT2D eigenvalue weighted by atomic mass is 32.2. The minimum Gasteiger partial charge on any atom is -0.457 e. The summed E-state index contributed by atoms with van der Waals surface area (Å²) in [6.07, 6.45) is 1.64. The number of benzene rings is 3. The third-order valence-corrected chi connectivity index (χ3v) is 7.23. The Morgan fingerprint density at radius 1 is 0.714 bits per heavy atom. The van der Waals surface area contributed by atoms with Gasteiger partial charge in [0.05, 0.1) is 10.6 Å². The summed E-state index contributed by atoms with van der Waals surface area (Å²) >= 11 is 6.63. The van der Waals surface area contributed by atoms with Crippen molar-refractivity contribution in [3.05, 3.63) is 118 Å². The minimum atomic E-state index is -0.223. The highest BCUT2D eigenvalue weighted by molar-refractivity contribution is 8.27. The number of fused-ring (bicyclic) bond motifs is 2. The molecule has 1 aliphatic carbocycles. The average Bonchev–Trinajstić information content (AvgIpc) is 3.46. The lowest BCUT2D eigenvalue weighted by atomic mass is 9.81. The fraction of sp³-hybridized carbons (Fsp3) is 0. The first-order valence-electron chi connectivity index (χ1n) is 10.8. The van der Waals surface area contributed by atoms with Crippen LogP contribution in [0.3, 0.4) is 0 Å². The van der Waals surface area contributed by atoms with E-state index in [0.717, 1.165) is 0 Å². The monoisotopic (exact) mass is 493 g/mol. The Bertz CT molecular complexity index is 1600. The molecule has 5 nitrogen and oxygen atoms in total. The van der Waals surface area contributed by atoms with Crippen LogP contribution in [-0.4, -0.2) is 21.8 Å². The van der Waals surface area contributed by atoms with Gasteiger partial charge in [-0.1, -0.05) is 84.6 Å². The molecule has 2 aliphatic rings. The van der Waals surface area contributed by atoms with E-state index in [1.807, 2.05) is 30.3 Å². The second-order valence-corrected chi connectivity index (χ2v) is 9.66. The van der Waals surface area contributed by atoms with Crippen molar-refractivity contribution in [2.45, 2.75) is 0 Å². The summed E-state index contributed by atoms with van der Waals surface area (Å²) < 4.78 is 6.47. The van der Waals surface area contributed by atoms with E-state index in [-0.39, 0.29) is 17.5 Å². The topological polar surface area (TPSA) is 67.6 Å². The van der Waals surface area contributed by atoms with E-state index in [4.69, 9.17) is 16.6 Å². The van der Waals surface area contributed by atoms with Crippen LogP contribution in [0.2, 0.25) is 0 Å². The first-order chi connectivity index (χ1) is 17.0. The van der Waals surface area contributed by atoms with Gasteiger partial charge < -0.3 is 4.42 Å². The molecule has 0 spiro atoms. The lowest BCUT2D eigenvalue weighted by molar-refractivity contribution is -0.113. The first-order valence-corrected chi connectivity index (χ1v) is 12.0. The maximum Gasteiger partial charge on any atom is 0.270 e. The third-order valence-electron chi connectivity index (χ3n) is 5.93. The number of hydrogen-bond acceptors (Lipinski definition) is 6. The number of thiocarbonyl (C=S) groups is 1. The summed E-state index contributed by atoms with van der Waals surface area (Å²) in [4.78, 5) is 41.3. The molecule has 0 bridgehead atoms. The highest BCUT2D eigenvalue weighted by Crippen LogP contribution is 2.38. The lowest BCUT2D eigenvalue weighted by Gasteiger charge is -2.19. The smallest absolute Gasteiger partial charge is 0.270 e. The number of rotatable bonds is 3. The number of ketones is 2. The van der Waals surface area contributed by atoms with Crippen LogP contribution < -0.4 is 4.90 Å². The third kappa shape index (κ3) is 3.48. The molecule has 0 saturated carbocycles. The van der Waals surface area contributed by atoms with Crippen molar-refractivity contribution < 1.29 is 18.8 Å². The van der Waals surface area contributed by atoms with Crippen molar-refractivity contribution in [2.24, 2.45) is 0 Å². The molecule has 1 saturated heterocycles. The second kappa shape index (κ2) is 8.30. The van der Waals surface area contributed by atoms with Gasteiger partial charge in [-0.15, -0.1) is 0 Å². The van der Waals surface area contributed by atoms with Gasteiger partial charge in [0.1, 0.15) is 11.5 Å². The fourth-order valence-electron chi connectivity index (χ4n) is 4.32. The molecule has 4 aromatic rings. The molecule has 0 radical (unpaired) electrons. The van der Waals surface area contributed by atoms with Crippen LogP contribution in [0.25, 0.3) is 17.4 Å². The van der Waals surface area contributed by atoms with Gasteiger partial charge in [-0.25, -0.2) is 0 Å². The summed E-state index contributed by atoms with van der Waals surface area (Å²) in [6, 6.07) is 24.7. The molecule has 1 aromatic heterocycles. The Labute approximate surface area is 210 Å². The zero-order chi connectivity index (χ0) is 24.1. The van der Waals surface area contributed by atoms with Gasteiger partial charge in [0, 0.05) is 33.9 Å². The zero-order valence-electron chi connectivity index (χ0n) is 18.1. The van der Waals surface area contributed by atoms with Crippen molar-refractivity contribution in [3.8, 4) is 11.3 Å². The Hall–Kier alpha value is -4.07. The number of carbonyl (C=O) groups excluding carboxylic acids is 3. The Balaban J connectivity index is 1.36. The molecule has 0 atom stereocenters. The average molecular weight is 494 g/mol. The van der Waals surface area contributed by atoms with E-state index in [9.17, 15) is 14.4 Å². The molecule has 1 aliphatic heterocycles. The molecule has 7 heteroatoms. The van der Waals surface area contributed by atoms with E-state index in [2.05, 4.69) is 0 Å². The maximum atomic E-state index is 13.3. The number of carbonyl (C=O) groups is 3. The van der Waals surface area contributed by atoms with Crippen LogP contribution in [0.4, 0.5) is 5.69 Å². The molecule has 0 N–H and O–H groups in total. The SMILES string of the molecule is O=C1c2ccccc2C(=O)c2c1cccc2-c1ccc(/C=C2\SC(=S)N(c3ccccc3)C2=O)o1. The summed E-state index contributed by atoms with van der Waals surface area (Å²) in [5, 5.41) is 0. The lowest BCUT2D eigenvalue weighted by Crippen LogP contribution is -2.27. The summed E-state index contributed by atoms with van der Waals surface area (Å²) in [6.45, 7) is 0. The Morgan fingerprint density at radius 2 is 1.37 bits per heavy atom. The van der Waals surface area contributed by atoms with Crippen LogP contribution in [-0.2, 0) is 4.79 Å². The van der Waals surface area contributed by atoms with Gasteiger partial charge in [0.15, 0.2) is 15.9 Å². The zero-order valence-corrected chi connectivity index (χ0v) is 19.7. The Kier molecular flexibility index (Phi) is 5.09. The van der Waals surface area contributed by atoms with Crippen molar-refractivity contribution in [1.82, 2.24) is 0 Å². The molecule has 168 valence electrons. The number of anilines is 1. The van der Waals surface area contributed by atoms with Crippen LogP contribution in [0.15, 0.2) is 94.3 Å². The molecule has 1 amide bonds. The standard InChI is InChI=1S/C28H15NO4S2/c30-25-18-9-4-5-10-19(18)26(31)24-20(11-6-12-21(24)25)22-14-13-17(33-22)15-23-27(32)29(28(34)35-23)16-7-2-1-3-8-16/h1-15H/b23-15-. The summed E-state index contributed by atoms with van der Waals surface area (Å²) in [5.41, 5.74) is 2.71. The molecule has 35 heavy (non-hydrogen) atoms. The molecular weight excluding hydrogens is 478 g/mol. The number of nitrogens with zero attached hydrogens (tertiary/aromatic N) is 1. The Morgan fingerprint density at radius 3 is 2.14 bits per heavy atom. The van der Waals surface area contributed by atoms with E-state index in [1.54, 1.807) is 60.7 Å². The molecule has 1 fully saturated rings. The van der Waals surface area contributed by atoms with Gasteiger partial charge in [0.25, 0.3) is 5.91 Å². The van der Waals surface area contributed by atoms with E-state index in [1.165, 1.54) is 16.7 Å². The second-order valence-electron chi connectivity index (χ2n) is 7.99. The number of para-hydroxylation sites is 1. The molecule has 6 rings (SSSR count). The number of hydrogen-bond donors (Lipinski definition) is 0. The molecule has 3 aromatic carbocycles. The fourth-order valence-corrected chi connectivity index (χ4v) is 5.60. The van der Waals surface area contributed by atoms with Gasteiger partial charge in [0.2, 0.25) is 0 Å². The molecular formula is C28H15NO4S2. The highest BCUT2D eigenvalue weighted by Gasteiger charge is 2.34. The van der Waals surface area contributed by atoms with Crippen molar-refractivity contribution in [2.75, 3.05) is 4.90 Å². The van der Waals surface area contributed by atoms with Crippen molar-refractivity contribution in [3.63, 3.8) is 0 Å². The van der Waals surface area contributed by atoms with E-state index >= 15 is 0 Å². The largest absolute Gasteiger partial charge is 0.457 e. The van der Waals surface area contributed by atoms with E-state index < -0.39 is 0 Å². The number of amides is 1. The first kappa shape index (κ1) is 21.5. The normalized spacial score (nSPS) is 16.1. The quantitative estimate of drug-likeness (QED) is 0.223. The summed E-state index contributed by atoms with van der Waals surface area (Å²) in [7, 11) is 0.